The maximum absolute atomic E-state index is 12.4. The number of halogens is 2. The van der Waals surface area contributed by atoms with Gasteiger partial charge >= 0.3 is 0 Å². The molecule has 0 fully saturated rings. The first-order valence-corrected chi connectivity index (χ1v) is 4.00. The number of methoxy groups -OCH3 is 2. The van der Waals surface area contributed by atoms with E-state index in [0.717, 1.165) is 6.07 Å². The Bertz CT molecular complexity index is 369. The second-order valence-corrected chi connectivity index (χ2v) is 2.60. The van der Waals surface area contributed by atoms with Gasteiger partial charge < -0.3 is 9.47 Å². The Morgan fingerprint density at radius 2 is 2.07 bits per heavy atom. The monoisotopic (exact) mass is 217 g/mol. The summed E-state index contributed by atoms with van der Waals surface area (Å²) in [5.74, 6) is -0.0747. The van der Waals surface area contributed by atoms with Crippen molar-refractivity contribution in [3.63, 3.8) is 0 Å². The van der Waals surface area contributed by atoms with Gasteiger partial charge in [-0.05, 0) is 6.07 Å². The highest BCUT2D eigenvalue weighted by Gasteiger charge is 2.18. The van der Waals surface area contributed by atoms with Crippen molar-refractivity contribution < 1.29 is 23.0 Å². The zero-order valence-corrected chi connectivity index (χ0v) is 8.16. The van der Waals surface area contributed by atoms with E-state index in [1.54, 1.807) is 0 Å². The Balaban J connectivity index is 3.35. The molecule has 0 aliphatic rings. The van der Waals surface area contributed by atoms with Crippen molar-refractivity contribution >= 4 is 6.29 Å². The molecule has 15 heavy (non-hydrogen) atoms. The van der Waals surface area contributed by atoms with E-state index in [2.05, 4.69) is 4.98 Å². The standard InChI is InChI=1S/C9H9F2NO3/c1-14-7-5(4-13)3-6(8(10)11)12-9(7)15-2/h3-4,8H,1-2H3. The maximum atomic E-state index is 12.4. The molecule has 0 saturated carbocycles. The summed E-state index contributed by atoms with van der Waals surface area (Å²) < 4.78 is 34.3. The van der Waals surface area contributed by atoms with Gasteiger partial charge in [-0.1, -0.05) is 0 Å². The third-order valence-electron chi connectivity index (χ3n) is 1.74. The number of rotatable bonds is 4. The number of nitrogens with zero attached hydrogens (tertiary/aromatic N) is 1. The summed E-state index contributed by atoms with van der Waals surface area (Å²) in [5.41, 5.74) is -0.533. The average molecular weight is 217 g/mol. The van der Waals surface area contributed by atoms with Gasteiger partial charge in [0.15, 0.2) is 12.0 Å². The largest absolute Gasteiger partial charge is 0.491 e. The summed E-state index contributed by atoms with van der Waals surface area (Å²) in [4.78, 5) is 14.1. The van der Waals surface area contributed by atoms with Gasteiger partial charge in [0.05, 0.1) is 19.8 Å². The number of ether oxygens (including phenoxy) is 2. The molecule has 0 aliphatic carbocycles. The summed E-state index contributed by atoms with van der Waals surface area (Å²) in [6.45, 7) is 0. The summed E-state index contributed by atoms with van der Waals surface area (Å²) in [7, 11) is 2.56. The number of hydrogen-bond donors (Lipinski definition) is 0. The molecule has 0 unspecified atom stereocenters. The molecule has 0 atom stereocenters. The molecule has 0 radical (unpaired) electrons. The number of alkyl halides is 2. The number of aromatic nitrogens is 1. The molecule has 0 saturated heterocycles. The van der Waals surface area contributed by atoms with Crippen LogP contribution in [-0.2, 0) is 0 Å². The number of aldehydes is 1. The zero-order valence-electron chi connectivity index (χ0n) is 8.16. The van der Waals surface area contributed by atoms with E-state index in [0.29, 0.717) is 6.29 Å². The van der Waals surface area contributed by atoms with Crippen LogP contribution in [-0.4, -0.2) is 25.5 Å². The minimum absolute atomic E-state index is 0.0142. The Labute approximate surface area is 84.8 Å². The van der Waals surface area contributed by atoms with Crippen molar-refractivity contribution in [3.8, 4) is 11.6 Å². The van der Waals surface area contributed by atoms with Crippen LogP contribution in [0.25, 0.3) is 0 Å². The molecule has 0 amide bonds. The fraction of sp³-hybridized carbons (Fsp3) is 0.333. The normalized spacial score (nSPS) is 10.2. The van der Waals surface area contributed by atoms with Gasteiger partial charge in [-0.2, -0.15) is 0 Å². The third kappa shape index (κ3) is 2.20. The van der Waals surface area contributed by atoms with Crippen molar-refractivity contribution in [1.29, 1.82) is 0 Å². The van der Waals surface area contributed by atoms with Gasteiger partial charge in [-0.3, -0.25) is 4.79 Å². The Kier molecular flexibility index (Phi) is 3.54. The quantitative estimate of drug-likeness (QED) is 0.722. The molecule has 4 nitrogen and oxygen atoms in total. The molecular formula is C9H9F2NO3. The van der Waals surface area contributed by atoms with Crippen molar-refractivity contribution in [1.82, 2.24) is 4.98 Å². The lowest BCUT2D eigenvalue weighted by Gasteiger charge is -2.10. The lowest BCUT2D eigenvalue weighted by atomic mass is 10.2. The van der Waals surface area contributed by atoms with E-state index in [-0.39, 0.29) is 17.2 Å². The van der Waals surface area contributed by atoms with Crippen LogP contribution in [0.5, 0.6) is 11.6 Å². The van der Waals surface area contributed by atoms with E-state index in [9.17, 15) is 13.6 Å². The van der Waals surface area contributed by atoms with Gasteiger partial charge in [0, 0.05) is 0 Å². The van der Waals surface area contributed by atoms with E-state index < -0.39 is 12.1 Å². The topological polar surface area (TPSA) is 48.4 Å². The average Bonchev–Trinajstić information content (AvgIpc) is 2.26. The highest BCUT2D eigenvalue weighted by atomic mass is 19.3. The molecule has 0 aliphatic heterocycles. The van der Waals surface area contributed by atoms with Crippen LogP contribution < -0.4 is 9.47 Å². The second-order valence-electron chi connectivity index (χ2n) is 2.60. The smallest absolute Gasteiger partial charge is 0.280 e. The molecule has 0 bridgehead atoms. The first kappa shape index (κ1) is 11.4. The molecule has 82 valence electrons. The van der Waals surface area contributed by atoms with Crippen LogP contribution in [0.3, 0.4) is 0 Å². The van der Waals surface area contributed by atoms with Crippen LogP contribution in [0.4, 0.5) is 8.78 Å². The lowest BCUT2D eigenvalue weighted by Crippen LogP contribution is -2.01. The summed E-state index contributed by atoms with van der Waals surface area (Å²) >= 11 is 0. The molecular weight excluding hydrogens is 208 g/mol. The highest BCUT2D eigenvalue weighted by Crippen LogP contribution is 2.31. The van der Waals surface area contributed by atoms with Gasteiger partial charge in [0.1, 0.15) is 5.69 Å². The molecule has 1 aromatic heterocycles. The minimum atomic E-state index is -2.76. The van der Waals surface area contributed by atoms with E-state index >= 15 is 0 Å². The minimum Gasteiger partial charge on any atom is -0.491 e. The molecule has 1 aromatic rings. The van der Waals surface area contributed by atoms with Gasteiger partial charge in [-0.25, -0.2) is 13.8 Å². The first-order valence-electron chi connectivity index (χ1n) is 4.00. The van der Waals surface area contributed by atoms with E-state index in [1.165, 1.54) is 14.2 Å². The fourth-order valence-electron chi connectivity index (χ4n) is 1.09. The molecule has 0 N–H and O–H groups in total. The summed E-state index contributed by atoms with van der Waals surface area (Å²) in [5, 5.41) is 0. The van der Waals surface area contributed by atoms with Gasteiger partial charge in [0.25, 0.3) is 12.3 Å². The predicted molar refractivity (Wildman–Crippen MR) is 47.7 cm³/mol. The Morgan fingerprint density at radius 1 is 1.40 bits per heavy atom. The maximum Gasteiger partial charge on any atom is 0.280 e. The van der Waals surface area contributed by atoms with Crippen LogP contribution in [0, 0.1) is 0 Å². The lowest BCUT2D eigenvalue weighted by molar-refractivity contribution is 0.111. The number of carbonyl (C=O) groups is 1. The van der Waals surface area contributed by atoms with Crippen molar-refractivity contribution in [2.24, 2.45) is 0 Å². The number of pyridine rings is 1. The van der Waals surface area contributed by atoms with Crippen molar-refractivity contribution in [2.45, 2.75) is 6.43 Å². The summed E-state index contributed by atoms with van der Waals surface area (Å²) in [6.07, 6.45) is -2.35. The van der Waals surface area contributed by atoms with Gasteiger partial charge in [0.2, 0.25) is 0 Å². The van der Waals surface area contributed by atoms with Gasteiger partial charge in [-0.15, -0.1) is 0 Å². The highest BCUT2D eigenvalue weighted by molar-refractivity contribution is 5.80. The number of carbonyl (C=O) groups excluding carboxylic acids is 1. The van der Waals surface area contributed by atoms with Crippen LogP contribution in [0.2, 0.25) is 0 Å². The van der Waals surface area contributed by atoms with Crippen LogP contribution in [0.1, 0.15) is 22.5 Å². The Hall–Kier alpha value is -1.72. The van der Waals surface area contributed by atoms with Crippen LogP contribution in [0.15, 0.2) is 6.07 Å². The summed E-state index contributed by atoms with van der Waals surface area (Å²) in [6, 6.07) is 0.971. The van der Waals surface area contributed by atoms with E-state index in [1.807, 2.05) is 0 Å². The SMILES string of the molecule is COc1nc(C(F)F)cc(C=O)c1OC. The number of hydrogen-bond acceptors (Lipinski definition) is 4. The first-order chi connectivity index (χ1) is 7.13. The third-order valence-corrected chi connectivity index (χ3v) is 1.74. The fourth-order valence-corrected chi connectivity index (χ4v) is 1.09. The molecule has 1 rings (SSSR count). The van der Waals surface area contributed by atoms with Crippen molar-refractivity contribution in [3.05, 3.63) is 17.3 Å². The van der Waals surface area contributed by atoms with Crippen molar-refractivity contribution in [2.75, 3.05) is 14.2 Å². The molecule has 0 aromatic carbocycles. The zero-order chi connectivity index (χ0) is 11.4. The molecule has 6 heteroatoms. The van der Waals surface area contributed by atoms with E-state index in [4.69, 9.17) is 9.47 Å². The molecule has 0 spiro atoms. The predicted octanol–water partition coefficient (Wildman–Crippen LogP) is 1.85. The molecule has 1 heterocycles. The van der Waals surface area contributed by atoms with Crippen LogP contribution >= 0.6 is 0 Å². The second kappa shape index (κ2) is 4.68. The Morgan fingerprint density at radius 3 is 2.47 bits per heavy atom.